The van der Waals surface area contributed by atoms with E-state index in [9.17, 15) is 19.7 Å². The molecule has 0 aromatic heterocycles. The number of non-ortho nitro benzene ring substituents is 1. The van der Waals surface area contributed by atoms with Crippen molar-refractivity contribution in [1.29, 1.82) is 0 Å². The Balaban J connectivity index is 1.67. The standard InChI is InChI=1S/C18H21NO5/c1-17(2)14-8-9-18(17,3)15(20)13(14)10-24-16(21)11-4-6-12(7-5-11)19(22)23/h4-7,13-14H,8-10H2,1-3H3/t13-,14-,18-/m1/s1. The highest BCUT2D eigenvalue weighted by atomic mass is 16.6. The lowest BCUT2D eigenvalue weighted by atomic mass is 9.70. The summed E-state index contributed by atoms with van der Waals surface area (Å²) in [7, 11) is 0. The molecule has 0 unspecified atom stereocenters. The summed E-state index contributed by atoms with van der Waals surface area (Å²) in [6.45, 7) is 6.35. The smallest absolute Gasteiger partial charge is 0.338 e. The topological polar surface area (TPSA) is 86.5 Å². The summed E-state index contributed by atoms with van der Waals surface area (Å²) in [5, 5.41) is 10.6. The molecule has 0 heterocycles. The number of Topliss-reactive ketones (excluding diaryl/α,β-unsaturated/α-hetero) is 1. The number of esters is 1. The van der Waals surface area contributed by atoms with Crippen LogP contribution in [0.15, 0.2) is 24.3 Å². The largest absolute Gasteiger partial charge is 0.461 e. The second-order valence-electron chi connectivity index (χ2n) is 7.57. The average Bonchev–Trinajstić information content (AvgIpc) is 2.85. The zero-order valence-electron chi connectivity index (χ0n) is 14.1. The molecule has 3 rings (SSSR count). The molecule has 2 aliphatic carbocycles. The van der Waals surface area contributed by atoms with E-state index < -0.39 is 10.9 Å². The average molecular weight is 331 g/mol. The Morgan fingerprint density at radius 2 is 1.92 bits per heavy atom. The minimum Gasteiger partial charge on any atom is -0.461 e. The van der Waals surface area contributed by atoms with Crippen LogP contribution in [-0.2, 0) is 9.53 Å². The van der Waals surface area contributed by atoms with Crippen molar-refractivity contribution in [3.63, 3.8) is 0 Å². The normalized spacial score (nSPS) is 30.4. The van der Waals surface area contributed by atoms with Crippen LogP contribution in [0.5, 0.6) is 0 Å². The molecule has 24 heavy (non-hydrogen) atoms. The number of carbonyl (C=O) groups is 2. The second kappa shape index (κ2) is 5.40. The third-order valence-electron chi connectivity index (χ3n) is 6.38. The van der Waals surface area contributed by atoms with Gasteiger partial charge in [0.25, 0.3) is 5.69 Å². The van der Waals surface area contributed by atoms with Gasteiger partial charge in [0, 0.05) is 17.5 Å². The van der Waals surface area contributed by atoms with E-state index in [1.54, 1.807) is 0 Å². The van der Waals surface area contributed by atoms with E-state index in [0.29, 0.717) is 0 Å². The number of fused-ring (bicyclic) bond motifs is 2. The van der Waals surface area contributed by atoms with Gasteiger partial charge in [0.05, 0.1) is 16.4 Å². The van der Waals surface area contributed by atoms with E-state index in [1.165, 1.54) is 24.3 Å². The molecular formula is C18H21NO5. The highest BCUT2D eigenvalue weighted by molar-refractivity contribution is 5.93. The number of nitro benzene ring substituents is 1. The van der Waals surface area contributed by atoms with Gasteiger partial charge in [-0.1, -0.05) is 20.8 Å². The Morgan fingerprint density at radius 1 is 1.29 bits per heavy atom. The first-order chi connectivity index (χ1) is 11.2. The predicted molar refractivity (Wildman–Crippen MR) is 86.5 cm³/mol. The number of hydrogen-bond acceptors (Lipinski definition) is 5. The molecule has 0 saturated heterocycles. The maximum atomic E-state index is 12.7. The molecule has 0 N–H and O–H groups in total. The van der Waals surface area contributed by atoms with E-state index in [4.69, 9.17) is 4.74 Å². The molecule has 0 amide bonds. The van der Waals surface area contributed by atoms with Crippen molar-refractivity contribution in [1.82, 2.24) is 0 Å². The summed E-state index contributed by atoms with van der Waals surface area (Å²) in [5.41, 5.74) is -0.234. The number of rotatable bonds is 4. The summed E-state index contributed by atoms with van der Waals surface area (Å²) in [6.07, 6.45) is 1.88. The molecule has 0 radical (unpaired) electrons. The number of hydrogen-bond donors (Lipinski definition) is 0. The first-order valence-electron chi connectivity index (χ1n) is 8.14. The van der Waals surface area contributed by atoms with Crippen LogP contribution in [-0.4, -0.2) is 23.3 Å². The van der Waals surface area contributed by atoms with E-state index in [1.807, 2.05) is 6.92 Å². The molecule has 6 nitrogen and oxygen atoms in total. The first-order valence-corrected chi connectivity index (χ1v) is 8.14. The number of carbonyl (C=O) groups excluding carboxylic acids is 2. The second-order valence-corrected chi connectivity index (χ2v) is 7.57. The van der Waals surface area contributed by atoms with Gasteiger partial charge in [-0.05, 0) is 36.3 Å². The Bertz CT molecular complexity index is 709. The van der Waals surface area contributed by atoms with Crippen molar-refractivity contribution in [2.45, 2.75) is 33.6 Å². The van der Waals surface area contributed by atoms with Crippen molar-refractivity contribution >= 4 is 17.4 Å². The monoisotopic (exact) mass is 331 g/mol. The summed E-state index contributed by atoms with van der Waals surface area (Å²) >= 11 is 0. The van der Waals surface area contributed by atoms with Crippen molar-refractivity contribution in [2.75, 3.05) is 6.61 Å². The fourth-order valence-corrected chi connectivity index (χ4v) is 4.43. The van der Waals surface area contributed by atoms with Gasteiger partial charge in [-0.3, -0.25) is 14.9 Å². The van der Waals surface area contributed by atoms with Crippen LogP contribution in [0.2, 0.25) is 0 Å². The van der Waals surface area contributed by atoms with Gasteiger partial charge >= 0.3 is 5.97 Å². The van der Waals surface area contributed by atoms with Gasteiger partial charge in [-0.2, -0.15) is 0 Å². The van der Waals surface area contributed by atoms with Gasteiger partial charge in [-0.25, -0.2) is 4.79 Å². The maximum absolute atomic E-state index is 12.7. The molecule has 2 fully saturated rings. The minimum absolute atomic E-state index is 0.0749. The van der Waals surface area contributed by atoms with Gasteiger partial charge in [0.15, 0.2) is 0 Å². The van der Waals surface area contributed by atoms with Crippen molar-refractivity contribution in [2.24, 2.45) is 22.7 Å². The van der Waals surface area contributed by atoms with E-state index >= 15 is 0 Å². The minimum atomic E-state index is -0.552. The van der Waals surface area contributed by atoms with Gasteiger partial charge in [-0.15, -0.1) is 0 Å². The summed E-state index contributed by atoms with van der Waals surface area (Å²) < 4.78 is 5.34. The lowest BCUT2D eigenvalue weighted by Crippen LogP contribution is -2.34. The number of ketones is 1. The van der Waals surface area contributed by atoms with Crippen LogP contribution in [0.1, 0.15) is 44.0 Å². The van der Waals surface area contributed by atoms with E-state index in [2.05, 4.69) is 13.8 Å². The van der Waals surface area contributed by atoms with Crippen LogP contribution in [0.25, 0.3) is 0 Å². The summed E-state index contributed by atoms with van der Waals surface area (Å²) in [4.78, 5) is 35.0. The molecule has 2 aliphatic rings. The number of nitro groups is 1. The molecule has 128 valence electrons. The maximum Gasteiger partial charge on any atom is 0.338 e. The SMILES string of the molecule is CC1(C)[C@@H]2CC[C@]1(C)C(=O)[C@@H]2COC(=O)c1ccc([N+](=O)[O-])cc1. The molecule has 6 heteroatoms. The Hall–Kier alpha value is -2.24. The lowest BCUT2D eigenvalue weighted by molar-refractivity contribution is -0.384. The van der Waals surface area contributed by atoms with Crippen LogP contribution in [0, 0.1) is 32.8 Å². The van der Waals surface area contributed by atoms with Crippen LogP contribution < -0.4 is 0 Å². The van der Waals surface area contributed by atoms with Crippen LogP contribution in [0.4, 0.5) is 5.69 Å². The highest BCUT2D eigenvalue weighted by Gasteiger charge is 2.66. The molecule has 0 aliphatic heterocycles. The summed E-state index contributed by atoms with van der Waals surface area (Å²) in [5.74, 6) is -0.371. The Labute approximate surface area is 140 Å². The third-order valence-corrected chi connectivity index (χ3v) is 6.38. The van der Waals surface area contributed by atoms with Crippen LogP contribution in [0.3, 0.4) is 0 Å². The van der Waals surface area contributed by atoms with Crippen LogP contribution >= 0.6 is 0 Å². The molecule has 0 spiro atoms. The van der Waals surface area contributed by atoms with Gasteiger partial charge in [0.2, 0.25) is 0 Å². The van der Waals surface area contributed by atoms with Gasteiger partial charge in [0.1, 0.15) is 12.4 Å². The zero-order valence-corrected chi connectivity index (χ0v) is 14.1. The quantitative estimate of drug-likeness (QED) is 0.479. The number of nitrogens with zero attached hydrogens (tertiary/aromatic N) is 1. The van der Waals surface area contributed by atoms with E-state index in [-0.39, 0.29) is 46.3 Å². The number of ether oxygens (including phenoxy) is 1. The Morgan fingerprint density at radius 3 is 2.42 bits per heavy atom. The fourth-order valence-electron chi connectivity index (χ4n) is 4.43. The van der Waals surface area contributed by atoms with Gasteiger partial charge < -0.3 is 4.74 Å². The third kappa shape index (κ3) is 2.24. The fraction of sp³-hybridized carbons (Fsp3) is 0.556. The van der Waals surface area contributed by atoms with Crippen molar-refractivity contribution < 1.29 is 19.2 Å². The number of benzene rings is 1. The molecule has 1 aromatic rings. The molecule has 2 saturated carbocycles. The molecule has 2 bridgehead atoms. The molecule has 1 aromatic carbocycles. The van der Waals surface area contributed by atoms with Crippen molar-refractivity contribution in [3.05, 3.63) is 39.9 Å². The van der Waals surface area contributed by atoms with E-state index in [0.717, 1.165) is 12.8 Å². The lowest BCUT2D eigenvalue weighted by Gasteiger charge is -2.32. The molecule has 3 atom stereocenters. The Kier molecular flexibility index (Phi) is 3.73. The summed E-state index contributed by atoms with van der Waals surface area (Å²) in [6, 6.07) is 5.27. The van der Waals surface area contributed by atoms with Crippen molar-refractivity contribution in [3.8, 4) is 0 Å². The highest BCUT2D eigenvalue weighted by Crippen LogP contribution is 2.65. The first kappa shape index (κ1) is 16.6. The zero-order chi connectivity index (χ0) is 17.7. The molecular weight excluding hydrogens is 310 g/mol. The predicted octanol–water partition coefficient (Wildman–Crippen LogP) is 3.39.